The van der Waals surface area contributed by atoms with Gasteiger partial charge in [0.25, 0.3) is 0 Å². The summed E-state index contributed by atoms with van der Waals surface area (Å²) in [7, 11) is -3.53. The third-order valence-corrected chi connectivity index (χ3v) is 8.13. The van der Waals surface area contributed by atoms with Crippen molar-refractivity contribution in [2.24, 2.45) is 0 Å². The van der Waals surface area contributed by atoms with Crippen LogP contribution in [0.1, 0.15) is 6.92 Å². The van der Waals surface area contributed by atoms with Crippen molar-refractivity contribution >= 4 is 15.7 Å². The molecule has 0 unspecified atom stereocenters. The second kappa shape index (κ2) is 12.0. The number of nitrogens with zero attached hydrogens (tertiary/aromatic N) is 3. The molecule has 2 aliphatic heterocycles. The number of aliphatic hydroxyl groups is 1. The Labute approximate surface area is 207 Å². The van der Waals surface area contributed by atoms with Crippen LogP contribution in [0.2, 0.25) is 0 Å². The first-order valence-corrected chi connectivity index (χ1v) is 13.6. The molecule has 2 heterocycles. The number of rotatable bonds is 10. The highest BCUT2D eigenvalue weighted by Crippen LogP contribution is 2.29. The van der Waals surface area contributed by atoms with E-state index in [2.05, 4.69) is 15.9 Å². The molecule has 0 aromatic heterocycles. The molecule has 35 heavy (non-hydrogen) atoms. The third kappa shape index (κ3) is 6.65. The normalized spacial score (nSPS) is 18.9. The molecule has 0 amide bonds. The van der Waals surface area contributed by atoms with Gasteiger partial charge in [0.1, 0.15) is 24.2 Å². The van der Waals surface area contributed by atoms with Crippen molar-refractivity contribution in [1.82, 2.24) is 9.21 Å². The first kappa shape index (κ1) is 25.7. The summed E-state index contributed by atoms with van der Waals surface area (Å²) in [6, 6.07) is 14.5. The molecule has 0 spiro atoms. The highest BCUT2D eigenvalue weighted by Gasteiger charge is 2.26. The monoisotopic (exact) mass is 505 g/mol. The molecule has 2 aromatic rings. The summed E-state index contributed by atoms with van der Waals surface area (Å²) < 4.78 is 43.6. The van der Waals surface area contributed by atoms with Crippen LogP contribution in [0.5, 0.6) is 11.5 Å². The van der Waals surface area contributed by atoms with Crippen LogP contribution >= 0.6 is 0 Å². The minimum atomic E-state index is -3.53. The minimum Gasteiger partial charge on any atom is -0.492 e. The molecule has 2 fully saturated rings. The lowest BCUT2D eigenvalue weighted by Crippen LogP contribution is -2.49. The molecular formula is C25H35N3O6S. The number of hydrogen-bond acceptors (Lipinski definition) is 8. The van der Waals surface area contributed by atoms with Crippen molar-refractivity contribution in [3.8, 4) is 11.5 Å². The van der Waals surface area contributed by atoms with Crippen molar-refractivity contribution in [3.05, 3.63) is 48.5 Å². The molecule has 0 saturated carbocycles. The van der Waals surface area contributed by atoms with Gasteiger partial charge in [-0.1, -0.05) is 12.1 Å². The van der Waals surface area contributed by atoms with Crippen LogP contribution in [0.25, 0.3) is 0 Å². The van der Waals surface area contributed by atoms with E-state index in [-0.39, 0.29) is 11.5 Å². The Hall–Kier alpha value is -2.37. The molecule has 192 valence electrons. The number of para-hydroxylation sites is 2. The number of morpholine rings is 1. The Kier molecular flexibility index (Phi) is 8.85. The molecule has 9 nitrogen and oxygen atoms in total. The van der Waals surface area contributed by atoms with Crippen LogP contribution in [0.3, 0.4) is 0 Å². The molecule has 1 atom stereocenters. The van der Waals surface area contributed by atoms with Crippen molar-refractivity contribution in [1.29, 1.82) is 0 Å². The molecule has 1 N–H and O–H groups in total. The fourth-order valence-corrected chi connectivity index (χ4v) is 5.76. The molecule has 2 aliphatic rings. The minimum absolute atomic E-state index is 0.142. The van der Waals surface area contributed by atoms with Crippen molar-refractivity contribution in [2.45, 2.75) is 17.9 Å². The lowest BCUT2D eigenvalue weighted by Gasteiger charge is -2.37. The van der Waals surface area contributed by atoms with Crippen molar-refractivity contribution < 1.29 is 27.7 Å². The Morgan fingerprint density at radius 2 is 1.63 bits per heavy atom. The van der Waals surface area contributed by atoms with Gasteiger partial charge in [0.15, 0.2) is 0 Å². The zero-order valence-electron chi connectivity index (χ0n) is 20.2. The number of sulfonamides is 1. The predicted molar refractivity (Wildman–Crippen MR) is 134 cm³/mol. The van der Waals surface area contributed by atoms with E-state index >= 15 is 0 Å². The number of ether oxygens (including phenoxy) is 3. The summed E-state index contributed by atoms with van der Waals surface area (Å²) in [4.78, 5) is 4.78. The fraction of sp³-hybridized carbons (Fsp3) is 0.520. The quantitative estimate of drug-likeness (QED) is 0.522. The predicted octanol–water partition coefficient (Wildman–Crippen LogP) is 1.67. The molecule has 2 saturated heterocycles. The number of aliphatic hydroxyl groups excluding tert-OH is 1. The summed E-state index contributed by atoms with van der Waals surface area (Å²) >= 11 is 0. The van der Waals surface area contributed by atoms with Crippen LogP contribution in [-0.2, 0) is 14.8 Å². The summed E-state index contributed by atoms with van der Waals surface area (Å²) in [5, 5.41) is 10.5. The zero-order chi connectivity index (χ0) is 24.7. The zero-order valence-corrected chi connectivity index (χ0v) is 21.0. The standard InChI is InChI=1S/C25H35N3O6S/c1-2-33-25-6-4-3-5-24(25)27-13-11-26(12-14-27)19-21(29)20-34-22-7-9-23(10-8-22)35(30,31)28-15-17-32-18-16-28/h3-10,21,29H,2,11-20H2,1H3/t21-/m1/s1. The summed E-state index contributed by atoms with van der Waals surface area (Å²) in [5.74, 6) is 1.43. The van der Waals surface area contributed by atoms with Crippen LogP contribution in [0.15, 0.2) is 53.4 Å². The molecule has 2 aromatic carbocycles. The van der Waals surface area contributed by atoms with E-state index in [1.807, 2.05) is 25.1 Å². The van der Waals surface area contributed by atoms with Gasteiger partial charge >= 0.3 is 0 Å². The van der Waals surface area contributed by atoms with E-state index in [0.29, 0.717) is 45.2 Å². The Bertz CT molecular complexity index is 1040. The molecule has 0 radical (unpaired) electrons. The number of hydrogen-bond donors (Lipinski definition) is 1. The van der Waals surface area contributed by atoms with Gasteiger partial charge in [-0.15, -0.1) is 0 Å². The molecule has 4 rings (SSSR count). The van der Waals surface area contributed by atoms with Gasteiger partial charge in [0.2, 0.25) is 10.0 Å². The van der Waals surface area contributed by atoms with E-state index in [1.165, 1.54) is 4.31 Å². The maximum atomic E-state index is 12.7. The van der Waals surface area contributed by atoms with Gasteiger partial charge in [0.05, 0.1) is 30.4 Å². The average Bonchev–Trinajstić information content (AvgIpc) is 2.89. The number of β-amino-alcohol motifs (C(OH)–C–C–N with tert-alkyl or cyclic N) is 1. The van der Waals surface area contributed by atoms with Gasteiger partial charge in [0, 0.05) is 45.8 Å². The second-order valence-electron chi connectivity index (χ2n) is 8.64. The van der Waals surface area contributed by atoms with E-state index in [4.69, 9.17) is 14.2 Å². The Morgan fingerprint density at radius 1 is 0.943 bits per heavy atom. The van der Waals surface area contributed by atoms with Gasteiger partial charge in [-0.2, -0.15) is 4.31 Å². The highest BCUT2D eigenvalue weighted by molar-refractivity contribution is 7.89. The lowest BCUT2D eigenvalue weighted by molar-refractivity contribution is 0.0662. The average molecular weight is 506 g/mol. The smallest absolute Gasteiger partial charge is 0.243 e. The molecular weight excluding hydrogens is 470 g/mol. The van der Waals surface area contributed by atoms with E-state index < -0.39 is 16.1 Å². The second-order valence-corrected chi connectivity index (χ2v) is 10.6. The largest absolute Gasteiger partial charge is 0.492 e. The summed E-state index contributed by atoms with van der Waals surface area (Å²) in [6.45, 7) is 8.22. The lowest BCUT2D eigenvalue weighted by atomic mass is 10.2. The maximum absolute atomic E-state index is 12.7. The number of benzene rings is 2. The van der Waals surface area contributed by atoms with Crippen LogP contribution in [-0.4, -0.2) is 101 Å². The van der Waals surface area contributed by atoms with E-state index in [1.54, 1.807) is 24.3 Å². The Balaban J connectivity index is 1.22. The van der Waals surface area contributed by atoms with Gasteiger partial charge in [-0.05, 0) is 43.3 Å². The van der Waals surface area contributed by atoms with Gasteiger partial charge < -0.3 is 24.2 Å². The maximum Gasteiger partial charge on any atom is 0.243 e. The van der Waals surface area contributed by atoms with Gasteiger partial charge in [-0.3, -0.25) is 4.90 Å². The summed E-state index contributed by atoms with van der Waals surface area (Å²) in [6.07, 6.45) is -0.644. The van der Waals surface area contributed by atoms with Crippen LogP contribution in [0.4, 0.5) is 5.69 Å². The third-order valence-electron chi connectivity index (χ3n) is 6.22. The van der Waals surface area contributed by atoms with Crippen molar-refractivity contribution in [2.75, 3.05) is 77.1 Å². The summed E-state index contributed by atoms with van der Waals surface area (Å²) in [5.41, 5.74) is 1.11. The van der Waals surface area contributed by atoms with Gasteiger partial charge in [-0.25, -0.2) is 8.42 Å². The molecule has 10 heteroatoms. The highest BCUT2D eigenvalue weighted by atomic mass is 32.2. The van der Waals surface area contributed by atoms with Crippen LogP contribution in [0, 0.1) is 0 Å². The van der Waals surface area contributed by atoms with Crippen LogP contribution < -0.4 is 14.4 Å². The number of anilines is 1. The van der Waals surface area contributed by atoms with E-state index in [0.717, 1.165) is 37.6 Å². The SMILES string of the molecule is CCOc1ccccc1N1CCN(C[C@@H](O)COc2ccc(S(=O)(=O)N3CCOCC3)cc2)CC1. The topological polar surface area (TPSA) is 91.8 Å². The van der Waals surface area contributed by atoms with Crippen molar-refractivity contribution in [3.63, 3.8) is 0 Å². The fourth-order valence-electron chi connectivity index (χ4n) is 4.35. The first-order chi connectivity index (χ1) is 17.0. The first-order valence-electron chi connectivity index (χ1n) is 12.2. The molecule has 0 bridgehead atoms. The van der Waals surface area contributed by atoms with E-state index in [9.17, 15) is 13.5 Å². The number of piperazine rings is 1. The molecule has 0 aliphatic carbocycles. The Morgan fingerprint density at radius 3 is 2.31 bits per heavy atom.